The van der Waals surface area contributed by atoms with Crippen LogP contribution in [0, 0.1) is 5.92 Å². The van der Waals surface area contributed by atoms with E-state index in [9.17, 15) is 9.59 Å². The fourth-order valence-electron chi connectivity index (χ4n) is 2.78. The normalized spacial score (nSPS) is 26.2. The van der Waals surface area contributed by atoms with Crippen molar-refractivity contribution in [3.8, 4) is 0 Å². The molecule has 2 aliphatic rings. The lowest BCUT2D eigenvalue weighted by Crippen LogP contribution is -2.51. The Balaban J connectivity index is 1.80. The second-order valence-electron chi connectivity index (χ2n) is 5.65. The summed E-state index contributed by atoms with van der Waals surface area (Å²) >= 11 is 0. The highest BCUT2D eigenvalue weighted by atomic mass is 16.4. The molecule has 0 aromatic carbocycles. The van der Waals surface area contributed by atoms with E-state index in [1.165, 1.54) is 0 Å². The highest BCUT2D eigenvalue weighted by Gasteiger charge is 2.29. The first-order chi connectivity index (χ1) is 9.06. The molecular weight excluding hydrogens is 246 g/mol. The van der Waals surface area contributed by atoms with Gasteiger partial charge in [-0.15, -0.1) is 0 Å². The van der Waals surface area contributed by atoms with Crippen LogP contribution in [-0.2, 0) is 4.79 Å². The Hall–Kier alpha value is -1.30. The predicted molar refractivity (Wildman–Crippen MR) is 71.0 cm³/mol. The Morgan fingerprint density at radius 2 is 1.84 bits per heavy atom. The number of rotatable bonds is 2. The third-order valence-electron chi connectivity index (χ3n) is 4.10. The number of aliphatic carboxylic acids is 1. The molecule has 6 heteroatoms. The zero-order valence-electron chi connectivity index (χ0n) is 11.5. The molecule has 6 nitrogen and oxygen atoms in total. The third kappa shape index (κ3) is 3.83. The van der Waals surface area contributed by atoms with E-state index in [4.69, 9.17) is 5.11 Å². The van der Waals surface area contributed by atoms with Crippen molar-refractivity contribution in [2.75, 3.05) is 33.2 Å². The van der Waals surface area contributed by atoms with E-state index in [1.807, 2.05) is 0 Å². The van der Waals surface area contributed by atoms with Gasteiger partial charge in [0.15, 0.2) is 0 Å². The number of carboxylic acid groups (broad SMARTS) is 1. The van der Waals surface area contributed by atoms with Crippen LogP contribution in [0.3, 0.4) is 0 Å². The molecule has 0 saturated carbocycles. The third-order valence-corrected chi connectivity index (χ3v) is 4.10. The van der Waals surface area contributed by atoms with Crippen LogP contribution in [0.5, 0.6) is 0 Å². The van der Waals surface area contributed by atoms with Crippen molar-refractivity contribution in [1.29, 1.82) is 0 Å². The van der Waals surface area contributed by atoms with Crippen LogP contribution in [0.1, 0.15) is 25.7 Å². The fraction of sp³-hybridized carbons (Fsp3) is 0.846. The van der Waals surface area contributed by atoms with Gasteiger partial charge in [0, 0.05) is 19.1 Å². The number of hydrogen-bond acceptors (Lipinski definition) is 3. The number of nitrogens with one attached hydrogen (secondary N) is 1. The van der Waals surface area contributed by atoms with Gasteiger partial charge in [-0.1, -0.05) is 0 Å². The van der Waals surface area contributed by atoms with Crippen molar-refractivity contribution in [1.82, 2.24) is 15.1 Å². The second kappa shape index (κ2) is 6.23. The largest absolute Gasteiger partial charge is 0.481 e. The Bertz CT molecular complexity index is 340. The molecule has 0 bridgehead atoms. The predicted octanol–water partition coefficient (Wildman–Crippen LogP) is 0.587. The molecule has 0 aromatic heterocycles. The second-order valence-corrected chi connectivity index (χ2v) is 5.65. The topological polar surface area (TPSA) is 72.9 Å². The highest BCUT2D eigenvalue weighted by Crippen LogP contribution is 2.17. The molecule has 2 saturated heterocycles. The van der Waals surface area contributed by atoms with Gasteiger partial charge in [-0.25, -0.2) is 4.79 Å². The Morgan fingerprint density at radius 1 is 1.16 bits per heavy atom. The first-order valence-corrected chi connectivity index (χ1v) is 7.03. The SMILES string of the molecule is CN1CCC(NC(=O)N2CCC[C@@H](C(=O)O)C2)CC1. The number of nitrogens with zero attached hydrogens (tertiary/aromatic N) is 2. The lowest BCUT2D eigenvalue weighted by Gasteiger charge is -2.34. The van der Waals surface area contributed by atoms with Crippen LogP contribution in [0.15, 0.2) is 0 Å². The Kier molecular flexibility index (Phi) is 4.63. The van der Waals surface area contributed by atoms with Gasteiger partial charge in [0.05, 0.1) is 5.92 Å². The zero-order chi connectivity index (χ0) is 13.8. The summed E-state index contributed by atoms with van der Waals surface area (Å²) in [6, 6.07) is 0.134. The van der Waals surface area contributed by atoms with Gasteiger partial charge in [0.25, 0.3) is 0 Å². The van der Waals surface area contributed by atoms with Crippen LogP contribution in [0.4, 0.5) is 4.79 Å². The van der Waals surface area contributed by atoms with Crippen LogP contribution in [-0.4, -0.2) is 66.2 Å². The molecule has 2 rings (SSSR count). The van der Waals surface area contributed by atoms with Crippen molar-refractivity contribution in [2.45, 2.75) is 31.7 Å². The number of carbonyl (C=O) groups is 2. The lowest BCUT2D eigenvalue weighted by atomic mass is 9.98. The maximum atomic E-state index is 12.1. The van der Waals surface area contributed by atoms with Gasteiger partial charge in [-0.05, 0) is 45.8 Å². The molecule has 0 aliphatic carbocycles. The summed E-state index contributed by atoms with van der Waals surface area (Å²) in [5.41, 5.74) is 0. The number of piperidine rings is 2. The van der Waals surface area contributed by atoms with E-state index in [-0.39, 0.29) is 12.1 Å². The quantitative estimate of drug-likeness (QED) is 0.769. The van der Waals surface area contributed by atoms with Crippen LogP contribution >= 0.6 is 0 Å². The molecule has 2 N–H and O–H groups in total. The number of likely N-dealkylation sites (tertiary alicyclic amines) is 2. The van der Waals surface area contributed by atoms with Gasteiger partial charge in [0.2, 0.25) is 0 Å². The van der Waals surface area contributed by atoms with Crippen molar-refractivity contribution in [2.24, 2.45) is 5.92 Å². The first-order valence-electron chi connectivity index (χ1n) is 7.03. The molecule has 0 unspecified atom stereocenters. The van der Waals surface area contributed by atoms with E-state index in [1.54, 1.807) is 4.90 Å². The number of urea groups is 1. The van der Waals surface area contributed by atoms with Crippen LogP contribution in [0.25, 0.3) is 0 Å². The number of hydrogen-bond donors (Lipinski definition) is 2. The summed E-state index contributed by atoms with van der Waals surface area (Å²) in [5.74, 6) is -1.20. The van der Waals surface area contributed by atoms with Crippen molar-refractivity contribution in [3.63, 3.8) is 0 Å². The molecule has 2 fully saturated rings. The molecule has 2 amide bonds. The summed E-state index contributed by atoms with van der Waals surface area (Å²) in [6.45, 7) is 3.02. The summed E-state index contributed by atoms with van der Waals surface area (Å²) in [7, 11) is 2.08. The van der Waals surface area contributed by atoms with E-state index < -0.39 is 11.9 Å². The van der Waals surface area contributed by atoms with Crippen molar-refractivity contribution < 1.29 is 14.7 Å². The van der Waals surface area contributed by atoms with Crippen molar-refractivity contribution >= 4 is 12.0 Å². The highest BCUT2D eigenvalue weighted by molar-refractivity contribution is 5.76. The standard InChI is InChI=1S/C13H23N3O3/c1-15-7-4-11(5-8-15)14-13(19)16-6-2-3-10(9-16)12(17)18/h10-11H,2-9H2,1H3,(H,14,19)(H,17,18)/t10-/m1/s1. The molecule has 0 spiro atoms. The molecule has 1 atom stereocenters. The number of amides is 2. The average Bonchev–Trinajstić information content (AvgIpc) is 2.41. The molecule has 0 radical (unpaired) electrons. The minimum absolute atomic E-state index is 0.0968. The van der Waals surface area contributed by atoms with Gasteiger partial charge in [-0.2, -0.15) is 0 Å². The maximum absolute atomic E-state index is 12.1. The van der Waals surface area contributed by atoms with Crippen molar-refractivity contribution in [3.05, 3.63) is 0 Å². The smallest absolute Gasteiger partial charge is 0.317 e. The summed E-state index contributed by atoms with van der Waals surface area (Å²) in [5, 5.41) is 12.1. The molecule has 0 aromatic rings. The molecule has 2 heterocycles. The van der Waals surface area contributed by atoms with Gasteiger partial charge in [-0.3, -0.25) is 4.79 Å². The van der Waals surface area contributed by atoms with Gasteiger partial charge >= 0.3 is 12.0 Å². The molecule has 108 valence electrons. The Labute approximate surface area is 113 Å². The summed E-state index contributed by atoms with van der Waals surface area (Å²) < 4.78 is 0. The van der Waals surface area contributed by atoms with Crippen LogP contribution in [0.2, 0.25) is 0 Å². The maximum Gasteiger partial charge on any atom is 0.317 e. The zero-order valence-corrected chi connectivity index (χ0v) is 11.5. The monoisotopic (exact) mass is 269 g/mol. The number of carboxylic acids is 1. The molecule has 19 heavy (non-hydrogen) atoms. The van der Waals surface area contributed by atoms with Crippen LogP contribution < -0.4 is 5.32 Å². The molecular formula is C13H23N3O3. The lowest BCUT2D eigenvalue weighted by molar-refractivity contribution is -0.143. The van der Waals surface area contributed by atoms with Gasteiger partial charge < -0.3 is 20.2 Å². The summed E-state index contributed by atoms with van der Waals surface area (Å²) in [4.78, 5) is 27.0. The minimum Gasteiger partial charge on any atom is -0.481 e. The van der Waals surface area contributed by atoms with Gasteiger partial charge in [0.1, 0.15) is 0 Å². The summed E-state index contributed by atoms with van der Waals surface area (Å²) in [6.07, 6.45) is 3.39. The van der Waals surface area contributed by atoms with E-state index in [2.05, 4.69) is 17.3 Å². The Morgan fingerprint density at radius 3 is 2.47 bits per heavy atom. The fourth-order valence-corrected chi connectivity index (χ4v) is 2.78. The first kappa shape index (κ1) is 14.1. The number of carbonyl (C=O) groups excluding carboxylic acids is 1. The average molecular weight is 269 g/mol. The minimum atomic E-state index is -0.795. The van der Waals surface area contributed by atoms with E-state index >= 15 is 0 Å². The van der Waals surface area contributed by atoms with E-state index in [0.29, 0.717) is 19.5 Å². The molecule has 2 aliphatic heterocycles. The van der Waals surface area contributed by atoms with E-state index in [0.717, 1.165) is 32.4 Å².